The Morgan fingerprint density at radius 1 is 0.622 bits per heavy atom. The highest BCUT2D eigenvalue weighted by Crippen LogP contribution is 2.22. The highest BCUT2D eigenvalue weighted by atomic mass is 16.5. The quantitative estimate of drug-likeness (QED) is 0.100. The molecule has 0 aromatic carbocycles. The minimum absolute atomic E-state index is 0.0353. The van der Waals surface area contributed by atoms with Crippen LogP contribution in [0.15, 0.2) is 16.7 Å². The number of unbranched alkanes of at least 4 members (excludes halogenated alkanes) is 10. The predicted molar refractivity (Wildman–Crippen MR) is 152 cm³/mol. The van der Waals surface area contributed by atoms with Crippen LogP contribution in [-0.2, 0) is 9.47 Å². The largest absolute Gasteiger partial charge is 0.462 e. The number of esters is 2. The Kier molecular flexibility index (Phi) is 20.0. The summed E-state index contributed by atoms with van der Waals surface area (Å²) in [6.45, 7) is 9.59. The third-order valence-corrected chi connectivity index (χ3v) is 7.33. The van der Waals surface area contributed by atoms with Gasteiger partial charge in [0.25, 0.3) is 0 Å². The molecular weight excluding hydrogens is 464 g/mol. The van der Waals surface area contributed by atoms with Crippen LogP contribution in [0.1, 0.15) is 164 Å². The maximum absolute atomic E-state index is 12.8. The summed E-state index contributed by atoms with van der Waals surface area (Å²) in [4.78, 5) is 25.6. The molecule has 1 heterocycles. The van der Waals surface area contributed by atoms with E-state index in [1.165, 1.54) is 76.5 Å². The van der Waals surface area contributed by atoms with Gasteiger partial charge in [0, 0.05) is 0 Å². The van der Waals surface area contributed by atoms with Gasteiger partial charge in [0.1, 0.15) is 5.56 Å². The molecule has 0 radical (unpaired) electrons. The third-order valence-electron chi connectivity index (χ3n) is 7.33. The molecule has 0 amide bonds. The van der Waals surface area contributed by atoms with Crippen molar-refractivity contribution in [2.75, 3.05) is 13.2 Å². The SMILES string of the molecule is CCCCCCCC(CCCC)COC(=O)c1ccoc1C(=O)OCC(CCCC)CCCCCCC. The van der Waals surface area contributed by atoms with Crippen LogP contribution in [0.25, 0.3) is 0 Å². The first kappa shape index (κ1) is 33.2. The van der Waals surface area contributed by atoms with Gasteiger partial charge in [-0.15, -0.1) is 0 Å². The second-order valence-corrected chi connectivity index (χ2v) is 10.8. The molecule has 0 saturated carbocycles. The van der Waals surface area contributed by atoms with Crippen molar-refractivity contribution >= 4 is 11.9 Å². The Balaban J connectivity index is 2.58. The van der Waals surface area contributed by atoms with E-state index in [9.17, 15) is 9.59 Å². The molecule has 0 aliphatic heterocycles. The lowest BCUT2D eigenvalue weighted by molar-refractivity contribution is 0.0349. The van der Waals surface area contributed by atoms with E-state index in [1.54, 1.807) is 0 Å². The number of hydrogen-bond donors (Lipinski definition) is 0. The van der Waals surface area contributed by atoms with Crippen molar-refractivity contribution < 1.29 is 23.5 Å². The average molecular weight is 521 g/mol. The Labute approximate surface area is 227 Å². The van der Waals surface area contributed by atoms with Gasteiger partial charge in [-0.3, -0.25) is 0 Å². The van der Waals surface area contributed by atoms with Gasteiger partial charge in [-0.05, 0) is 43.6 Å². The average Bonchev–Trinajstić information content (AvgIpc) is 3.40. The van der Waals surface area contributed by atoms with Gasteiger partial charge < -0.3 is 13.9 Å². The van der Waals surface area contributed by atoms with E-state index in [4.69, 9.17) is 13.9 Å². The minimum Gasteiger partial charge on any atom is -0.462 e. The van der Waals surface area contributed by atoms with Gasteiger partial charge in [0.15, 0.2) is 0 Å². The number of ether oxygens (including phenoxy) is 2. The molecular formula is C32H56O5. The van der Waals surface area contributed by atoms with Crippen molar-refractivity contribution in [3.8, 4) is 0 Å². The molecule has 1 aromatic heterocycles. The molecule has 2 unspecified atom stereocenters. The van der Waals surface area contributed by atoms with E-state index < -0.39 is 11.9 Å². The van der Waals surface area contributed by atoms with Crippen molar-refractivity contribution in [3.63, 3.8) is 0 Å². The number of rotatable bonds is 24. The van der Waals surface area contributed by atoms with Crippen LogP contribution in [0.4, 0.5) is 0 Å². The fourth-order valence-corrected chi connectivity index (χ4v) is 4.84. The zero-order valence-corrected chi connectivity index (χ0v) is 24.5. The van der Waals surface area contributed by atoms with Crippen molar-refractivity contribution in [2.24, 2.45) is 11.8 Å². The summed E-state index contributed by atoms with van der Waals surface area (Å²) in [5.74, 6) is -0.376. The van der Waals surface area contributed by atoms with Gasteiger partial charge in [0.2, 0.25) is 5.76 Å². The molecule has 0 saturated heterocycles. The smallest absolute Gasteiger partial charge is 0.375 e. The van der Waals surface area contributed by atoms with E-state index in [-0.39, 0.29) is 11.3 Å². The number of carbonyl (C=O) groups is 2. The molecule has 5 nitrogen and oxygen atoms in total. The van der Waals surface area contributed by atoms with Gasteiger partial charge in [0.05, 0.1) is 19.5 Å². The van der Waals surface area contributed by atoms with Gasteiger partial charge >= 0.3 is 11.9 Å². The molecule has 37 heavy (non-hydrogen) atoms. The summed E-state index contributed by atoms with van der Waals surface area (Å²) in [7, 11) is 0. The predicted octanol–water partition coefficient (Wildman–Crippen LogP) is 9.93. The lowest BCUT2D eigenvalue weighted by atomic mass is 9.96. The van der Waals surface area contributed by atoms with Crippen LogP contribution in [0.2, 0.25) is 0 Å². The maximum Gasteiger partial charge on any atom is 0.375 e. The fourth-order valence-electron chi connectivity index (χ4n) is 4.84. The Morgan fingerprint density at radius 2 is 1.05 bits per heavy atom. The second kappa shape index (κ2) is 22.2. The lowest BCUT2D eigenvalue weighted by Crippen LogP contribution is -2.18. The van der Waals surface area contributed by atoms with Crippen molar-refractivity contribution in [3.05, 3.63) is 23.7 Å². The number of furan rings is 1. The zero-order chi connectivity index (χ0) is 27.1. The van der Waals surface area contributed by atoms with Crippen LogP contribution in [0.3, 0.4) is 0 Å². The summed E-state index contributed by atoms with van der Waals surface area (Å²) in [6.07, 6.45) is 22.6. The summed E-state index contributed by atoms with van der Waals surface area (Å²) in [5.41, 5.74) is 0.173. The normalized spacial score (nSPS) is 12.9. The van der Waals surface area contributed by atoms with Gasteiger partial charge in [-0.2, -0.15) is 0 Å². The molecule has 0 fully saturated rings. The summed E-state index contributed by atoms with van der Waals surface area (Å²) in [6, 6.07) is 1.52. The second-order valence-electron chi connectivity index (χ2n) is 10.8. The summed E-state index contributed by atoms with van der Waals surface area (Å²) in [5, 5.41) is 0. The van der Waals surface area contributed by atoms with Crippen LogP contribution >= 0.6 is 0 Å². The molecule has 5 heteroatoms. The van der Waals surface area contributed by atoms with Crippen LogP contribution in [0.5, 0.6) is 0 Å². The summed E-state index contributed by atoms with van der Waals surface area (Å²) < 4.78 is 16.7. The summed E-state index contributed by atoms with van der Waals surface area (Å²) >= 11 is 0. The molecule has 0 aliphatic rings. The first-order valence-electron chi connectivity index (χ1n) is 15.5. The van der Waals surface area contributed by atoms with E-state index in [2.05, 4.69) is 27.7 Å². The molecule has 1 aromatic rings. The maximum atomic E-state index is 12.8. The molecule has 0 spiro atoms. The van der Waals surface area contributed by atoms with Crippen LogP contribution < -0.4 is 0 Å². The Morgan fingerprint density at radius 3 is 1.54 bits per heavy atom. The molecule has 2 atom stereocenters. The fraction of sp³-hybridized carbons (Fsp3) is 0.812. The van der Waals surface area contributed by atoms with E-state index >= 15 is 0 Å². The molecule has 0 N–H and O–H groups in total. The molecule has 0 aliphatic carbocycles. The van der Waals surface area contributed by atoms with E-state index in [1.807, 2.05) is 0 Å². The number of carbonyl (C=O) groups excluding carboxylic acids is 2. The third kappa shape index (κ3) is 15.3. The monoisotopic (exact) mass is 520 g/mol. The van der Waals surface area contributed by atoms with E-state index in [0.29, 0.717) is 25.0 Å². The standard InChI is InChI=1S/C32H56O5/c1-5-9-13-15-17-21-27(19-11-7-3)25-36-31(33)29-23-24-35-30(29)32(34)37-26-28(20-12-8-4)22-18-16-14-10-6-2/h23-24,27-28H,5-22,25-26H2,1-4H3. The first-order valence-corrected chi connectivity index (χ1v) is 15.5. The minimum atomic E-state index is -0.567. The molecule has 0 bridgehead atoms. The van der Waals surface area contributed by atoms with Crippen LogP contribution in [0, 0.1) is 11.8 Å². The Hall–Kier alpha value is -1.78. The number of hydrogen-bond acceptors (Lipinski definition) is 5. The lowest BCUT2D eigenvalue weighted by Gasteiger charge is -2.17. The van der Waals surface area contributed by atoms with Crippen molar-refractivity contribution in [2.45, 2.75) is 143 Å². The highest BCUT2D eigenvalue weighted by molar-refractivity contribution is 6.01. The van der Waals surface area contributed by atoms with Gasteiger partial charge in [-0.25, -0.2) is 9.59 Å². The molecule has 1 rings (SSSR count). The van der Waals surface area contributed by atoms with E-state index in [0.717, 1.165) is 51.4 Å². The van der Waals surface area contributed by atoms with Gasteiger partial charge in [-0.1, -0.05) is 118 Å². The highest BCUT2D eigenvalue weighted by Gasteiger charge is 2.25. The topological polar surface area (TPSA) is 65.7 Å². The zero-order valence-electron chi connectivity index (χ0n) is 24.5. The van der Waals surface area contributed by atoms with Crippen molar-refractivity contribution in [1.82, 2.24) is 0 Å². The first-order chi connectivity index (χ1) is 18.1. The Bertz CT molecular complexity index is 639. The molecule has 214 valence electrons. The van der Waals surface area contributed by atoms with Crippen LogP contribution in [-0.4, -0.2) is 25.2 Å². The van der Waals surface area contributed by atoms with Crippen molar-refractivity contribution in [1.29, 1.82) is 0 Å².